The Hall–Kier alpha value is -0.860. The zero-order chi connectivity index (χ0) is 9.84. The van der Waals surface area contributed by atoms with Gasteiger partial charge in [-0.1, -0.05) is 18.2 Å². The molecule has 2 heteroatoms. The Morgan fingerprint density at radius 3 is 2.69 bits per heavy atom. The van der Waals surface area contributed by atoms with Gasteiger partial charge in [0.05, 0.1) is 0 Å². The van der Waals surface area contributed by atoms with Crippen molar-refractivity contribution in [3.05, 3.63) is 34.9 Å². The summed E-state index contributed by atoms with van der Waals surface area (Å²) < 4.78 is 0. The first kappa shape index (κ1) is 10.2. The maximum Gasteiger partial charge on any atom is 0.0449 e. The number of nitrogens with two attached hydrogens (primary N) is 1. The summed E-state index contributed by atoms with van der Waals surface area (Å²) in [7, 11) is 0. The summed E-state index contributed by atoms with van der Waals surface area (Å²) in [4.78, 5) is 0. The van der Waals surface area contributed by atoms with Gasteiger partial charge in [-0.15, -0.1) is 0 Å². The molecule has 0 aliphatic heterocycles. The molecule has 0 amide bonds. The largest absolute Gasteiger partial charge is 0.396 e. The minimum Gasteiger partial charge on any atom is -0.396 e. The Labute approximate surface area is 79.4 Å². The van der Waals surface area contributed by atoms with Crippen LogP contribution in [-0.2, 0) is 0 Å². The first-order chi connectivity index (χ1) is 6.16. The highest BCUT2D eigenvalue weighted by Gasteiger charge is 2.08. The van der Waals surface area contributed by atoms with Crippen LogP contribution in [0.1, 0.15) is 29.2 Å². The predicted molar refractivity (Wildman–Crippen MR) is 54.5 cm³/mol. The molecule has 0 aliphatic rings. The van der Waals surface area contributed by atoms with Gasteiger partial charge in [0, 0.05) is 12.6 Å². The average molecular weight is 179 g/mol. The molecule has 0 aromatic heterocycles. The number of hydrogen-bond acceptors (Lipinski definition) is 2. The molecule has 2 nitrogen and oxygen atoms in total. The van der Waals surface area contributed by atoms with Gasteiger partial charge in [0.1, 0.15) is 0 Å². The molecule has 1 aromatic carbocycles. The van der Waals surface area contributed by atoms with E-state index in [1.165, 1.54) is 11.1 Å². The number of aryl methyl sites for hydroxylation is 1. The fourth-order valence-electron chi connectivity index (χ4n) is 1.47. The Kier molecular flexibility index (Phi) is 3.46. The van der Waals surface area contributed by atoms with Gasteiger partial charge in [-0.25, -0.2) is 0 Å². The first-order valence-electron chi connectivity index (χ1n) is 4.59. The monoisotopic (exact) mass is 179 g/mol. The third-order valence-corrected chi connectivity index (χ3v) is 2.49. The van der Waals surface area contributed by atoms with Crippen LogP contribution in [0.3, 0.4) is 0 Å². The zero-order valence-corrected chi connectivity index (χ0v) is 8.25. The van der Waals surface area contributed by atoms with Crippen molar-refractivity contribution >= 4 is 0 Å². The lowest BCUT2D eigenvalue weighted by Gasteiger charge is -2.14. The van der Waals surface area contributed by atoms with Crippen molar-refractivity contribution in [2.24, 2.45) is 5.73 Å². The van der Waals surface area contributed by atoms with E-state index in [0.717, 1.165) is 5.56 Å². The first-order valence-corrected chi connectivity index (χ1v) is 4.59. The van der Waals surface area contributed by atoms with E-state index in [-0.39, 0.29) is 12.6 Å². The molecule has 13 heavy (non-hydrogen) atoms. The number of rotatable bonds is 3. The predicted octanol–water partition coefficient (Wildman–Crippen LogP) is 1.69. The second kappa shape index (κ2) is 4.40. The van der Waals surface area contributed by atoms with Crippen LogP contribution in [0, 0.1) is 13.8 Å². The Morgan fingerprint density at radius 2 is 2.08 bits per heavy atom. The number of aliphatic hydroxyl groups is 1. The Morgan fingerprint density at radius 1 is 1.38 bits per heavy atom. The molecule has 72 valence electrons. The maximum atomic E-state index is 8.78. The highest BCUT2D eigenvalue weighted by atomic mass is 16.3. The number of aliphatic hydroxyl groups excluding tert-OH is 1. The van der Waals surface area contributed by atoms with Crippen molar-refractivity contribution in [1.29, 1.82) is 0 Å². The molecular formula is C11H17NO. The molecule has 1 aromatic rings. The van der Waals surface area contributed by atoms with Crippen LogP contribution in [0.5, 0.6) is 0 Å². The maximum absolute atomic E-state index is 8.78. The molecule has 0 aliphatic carbocycles. The highest BCUT2D eigenvalue weighted by molar-refractivity contribution is 5.35. The minimum atomic E-state index is -0.0371. The number of benzene rings is 1. The number of hydrogen-bond donors (Lipinski definition) is 2. The highest BCUT2D eigenvalue weighted by Crippen LogP contribution is 2.20. The molecule has 0 bridgehead atoms. The third-order valence-electron chi connectivity index (χ3n) is 2.49. The van der Waals surface area contributed by atoms with Crippen LogP contribution >= 0.6 is 0 Å². The van der Waals surface area contributed by atoms with Crippen molar-refractivity contribution in [2.45, 2.75) is 26.3 Å². The van der Waals surface area contributed by atoms with Gasteiger partial charge < -0.3 is 10.8 Å². The lowest BCUT2D eigenvalue weighted by molar-refractivity contribution is 0.276. The SMILES string of the molecule is Cc1cccc([C@H](N)CCO)c1C. The average Bonchev–Trinajstić information content (AvgIpc) is 2.10. The molecule has 3 N–H and O–H groups in total. The minimum absolute atomic E-state index is 0.0371. The van der Waals surface area contributed by atoms with E-state index in [1.54, 1.807) is 0 Å². The van der Waals surface area contributed by atoms with E-state index in [4.69, 9.17) is 10.8 Å². The summed E-state index contributed by atoms with van der Waals surface area (Å²) in [6, 6.07) is 6.08. The molecule has 1 rings (SSSR count). The van der Waals surface area contributed by atoms with Gasteiger partial charge in [-0.2, -0.15) is 0 Å². The molecular weight excluding hydrogens is 162 g/mol. The van der Waals surface area contributed by atoms with Gasteiger partial charge in [0.15, 0.2) is 0 Å². The lowest BCUT2D eigenvalue weighted by atomic mass is 9.96. The van der Waals surface area contributed by atoms with Gasteiger partial charge in [-0.3, -0.25) is 0 Å². The van der Waals surface area contributed by atoms with Crippen LogP contribution in [0.2, 0.25) is 0 Å². The molecule has 0 spiro atoms. The van der Waals surface area contributed by atoms with Crippen molar-refractivity contribution in [2.75, 3.05) is 6.61 Å². The van der Waals surface area contributed by atoms with E-state index < -0.39 is 0 Å². The van der Waals surface area contributed by atoms with Crippen molar-refractivity contribution in [3.8, 4) is 0 Å². The van der Waals surface area contributed by atoms with Crippen molar-refractivity contribution in [3.63, 3.8) is 0 Å². The van der Waals surface area contributed by atoms with Crippen molar-refractivity contribution < 1.29 is 5.11 Å². The molecule has 0 radical (unpaired) electrons. The molecule has 0 saturated carbocycles. The zero-order valence-electron chi connectivity index (χ0n) is 8.25. The van der Waals surface area contributed by atoms with E-state index in [1.807, 2.05) is 12.1 Å². The summed E-state index contributed by atoms with van der Waals surface area (Å²) in [5.74, 6) is 0. The Bertz CT molecular complexity index is 283. The summed E-state index contributed by atoms with van der Waals surface area (Å²) in [5, 5.41) is 8.78. The topological polar surface area (TPSA) is 46.2 Å². The van der Waals surface area contributed by atoms with Crippen molar-refractivity contribution in [1.82, 2.24) is 0 Å². The second-order valence-corrected chi connectivity index (χ2v) is 3.41. The second-order valence-electron chi connectivity index (χ2n) is 3.41. The standard InChI is InChI=1S/C11H17NO/c1-8-4-3-5-10(9(8)2)11(12)6-7-13/h3-5,11,13H,6-7,12H2,1-2H3/t11-/m1/s1. The fraction of sp³-hybridized carbons (Fsp3) is 0.455. The summed E-state index contributed by atoms with van der Waals surface area (Å²) >= 11 is 0. The summed E-state index contributed by atoms with van der Waals surface area (Å²) in [5.41, 5.74) is 9.56. The lowest BCUT2D eigenvalue weighted by Crippen LogP contribution is -2.13. The van der Waals surface area contributed by atoms with Crippen LogP contribution in [0.4, 0.5) is 0 Å². The van der Waals surface area contributed by atoms with Gasteiger partial charge in [0.25, 0.3) is 0 Å². The molecule has 0 fully saturated rings. The Balaban J connectivity index is 2.93. The molecule has 0 saturated heterocycles. The fourth-order valence-corrected chi connectivity index (χ4v) is 1.47. The van der Waals surface area contributed by atoms with E-state index in [2.05, 4.69) is 19.9 Å². The van der Waals surface area contributed by atoms with Gasteiger partial charge in [-0.05, 0) is 37.0 Å². The summed E-state index contributed by atoms with van der Waals surface area (Å²) in [6.07, 6.45) is 0.629. The van der Waals surface area contributed by atoms with E-state index in [9.17, 15) is 0 Å². The summed E-state index contributed by atoms with van der Waals surface area (Å²) in [6.45, 7) is 4.29. The molecule has 1 atom stereocenters. The molecule has 0 heterocycles. The van der Waals surface area contributed by atoms with Crippen LogP contribution < -0.4 is 5.73 Å². The van der Waals surface area contributed by atoms with Crippen LogP contribution in [0.25, 0.3) is 0 Å². The normalized spacial score (nSPS) is 12.9. The smallest absolute Gasteiger partial charge is 0.0449 e. The van der Waals surface area contributed by atoms with E-state index >= 15 is 0 Å². The van der Waals surface area contributed by atoms with Crippen LogP contribution in [-0.4, -0.2) is 11.7 Å². The van der Waals surface area contributed by atoms with Gasteiger partial charge >= 0.3 is 0 Å². The van der Waals surface area contributed by atoms with Crippen LogP contribution in [0.15, 0.2) is 18.2 Å². The molecule has 0 unspecified atom stereocenters. The quantitative estimate of drug-likeness (QED) is 0.741. The third kappa shape index (κ3) is 2.29. The van der Waals surface area contributed by atoms with Gasteiger partial charge in [0.2, 0.25) is 0 Å². The van der Waals surface area contributed by atoms with E-state index in [0.29, 0.717) is 6.42 Å².